The Balaban J connectivity index is 1.58. The molecule has 0 saturated carbocycles. The van der Waals surface area contributed by atoms with Crippen LogP contribution in [0.2, 0.25) is 0 Å². The van der Waals surface area contributed by atoms with Crippen molar-refractivity contribution in [1.82, 2.24) is 14.7 Å². The first kappa shape index (κ1) is 13.1. The minimum Gasteiger partial charge on any atom is -0.335 e. The number of hydrogen-bond donors (Lipinski definition) is 2. The lowest BCUT2D eigenvalue weighted by Gasteiger charge is -2.25. The van der Waals surface area contributed by atoms with Crippen molar-refractivity contribution >= 4 is 22.7 Å². The van der Waals surface area contributed by atoms with Crippen molar-refractivity contribution in [2.75, 3.05) is 5.32 Å². The fraction of sp³-hybridized carbons (Fsp3) is 0.357. The molecule has 5 nitrogen and oxygen atoms in total. The molecule has 6 heteroatoms. The van der Waals surface area contributed by atoms with Crippen LogP contribution in [0.1, 0.15) is 23.4 Å². The van der Waals surface area contributed by atoms with Crippen LogP contribution < -0.4 is 10.6 Å². The molecule has 0 radical (unpaired) electrons. The number of anilines is 1. The van der Waals surface area contributed by atoms with Gasteiger partial charge in [0, 0.05) is 17.6 Å². The average molecular weight is 288 g/mol. The minimum absolute atomic E-state index is 0.180. The molecule has 2 N–H and O–H groups in total. The van der Waals surface area contributed by atoms with Crippen LogP contribution in [0.5, 0.6) is 0 Å². The second-order valence-corrected chi connectivity index (χ2v) is 5.71. The van der Waals surface area contributed by atoms with Gasteiger partial charge in [-0.15, -0.1) is 0 Å². The smallest absolute Gasteiger partial charge is 0.321 e. The largest absolute Gasteiger partial charge is 0.335 e. The van der Waals surface area contributed by atoms with Gasteiger partial charge in [-0.05, 0) is 37.3 Å². The van der Waals surface area contributed by atoms with E-state index in [1.54, 1.807) is 6.92 Å². The van der Waals surface area contributed by atoms with Crippen LogP contribution in [0.25, 0.3) is 0 Å². The van der Waals surface area contributed by atoms with Crippen molar-refractivity contribution in [1.29, 1.82) is 0 Å². The molecule has 2 amide bonds. The van der Waals surface area contributed by atoms with E-state index >= 15 is 0 Å². The van der Waals surface area contributed by atoms with Gasteiger partial charge in [0.05, 0.1) is 0 Å². The Bertz CT molecular complexity index is 625. The molecule has 2 aromatic rings. The van der Waals surface area contributed by atoms with E-state index < -0.39 is 0 Å². The fourth-order valence-corrected chi connectivity index (χ4v) is 3.06. The zero-order valence-electron chi connectivity index (χ0n) is 11.2. The molecule has 1 aromatic heterocycles. The van der Waals surface area contributed by atoms with Crippen LogP contribution in [-0.4, -0.2) is 21.4 Å². The van der Waals surface area contributed by atoms with E-state index in [2.05, 4.69) is 38.2 Å². The molecule has 104 valence electrons. The molecule has 1 aliphatic rings. The van der Waals surface area contributed by atoms with Crippen LogP contribution >= 0.6 is 11.5 Å². The van der Waals surface area contributed by atoms with Gasteiger partial charge in [0.2, 0.25) is 5.13 Å². The highest BCUT2D eigenvalue weighted by Gasteiger charge is 2.20. The predicted octanol–water partition coefficient (Wildman–Crippen LogP) is 2.53. The summed E-state index contributed by atoms with van der Waals surface area (Å²) >= 11 is 1.20. The summed E-state index contributed by atoms with van der Waals surface area (Å²) in [6, 6.07) is 8.39. The molecule has 1 aliphatic carbocycles. The zero-order valence-corrected chi connectivity index (χ0v) is 12.0. The first-order chi connectivity index (χ1) is 9.70. The number of amides is 2. The van der Waals surface area contributed by atoms with Gasteiger partial charge in [-0.3, -0.25) is 5.32 Å². The van der Waals surface area contributed by atoms with Crippen LogP contribution in [0.4, 0.5) is 9.93 Å². The summed E-state index contributed by atoms with van der Waals surface area (Å²) in [6.07, 6.45) is 2.87. The Morgan fingerprint density at radius 1 is 1.35 bits per heavy atom. The minimum atomic E-state index is -0.203. The third kappa shape index (κ3) is 2.96. The van der Waals surface area contributed by atoms with Crippen molar-refractivity contribution in [3.05, 3.63) is 41.2 Å². The Kier molecular flexibility index (Phi) is 3.64. The van der Waals surface area contributed by atoms with E-state index in [1.165, 1.54) is 22.7 Å². The second-order valence-electron chi connectivity index (χ2n) is 4.95. The molecule has 0 saturated heterocycles. The highest BCUT2D eigenvalue weighted by molar-refractivity contribution is 7.09. The maximum atomic E-state index is 11.9. The number of benzene rings is 1. The summed E-state index contributed by atoms with van der Waals surface area (Å²) in [7, 11) is 0. The van der Waals surface area contributed by atoms with Gasteiger partial charge in [-0.2, -0.15) is 4.37 Å². The summed E-state index contributed by atoms with van der Waals surface area (Å²) in [6.45, 7) is 1.80. The number of hydrogen-bond acceptors (Lipinski definition) is 4. The molecule has 0 aliphatic heterocycles. The van der Waals surface area contributed by atoms with Crippen molar-refractivity contribution in [2.45, 2.75) is 32.2 Å². The maximum Gasteiger partial charge on any atom is 0.321 e. The number of nitrogens with one attached hydrogen (secondary N) is 2. The van der Waals surface area contributed by atoms with Crippen molar-refractivity contribution in [3.63, 3.8) is 0 Å². The van der Waals surface area contributed by atoms with E-state index in [-0.39, 0.29) is 12.1 Å². The predicted molar refractivity (Wildman–Crippen MR) is 79.1 cm³/mol. The number of nitrogens with zero attached hydrogens (tertiary/aromatic N) is 2. The molecule has 1 heterocycles. The van der Waals surface area contributed by atoms with Gasteiger partial charge in [0.25, 0.3) is 0 Å². The van der Waals surface area contributed by atoms with Crippen LogP contribution in [0.3, 0.4) is 0 Å². The molecule has 0 fully saturated rings. The van der Waals surface area contributed by atoms with E-state index in [4.69, 9.17) is 0 Å². The average Bonchev–Trinajstić information content (AvgIpc) is 2.83. The third-order valence-corrected chi connectivity index (χ3v) is 4.15. The lowest BCUT2D eigenvalue weighted by atomic mass is 9.88. The number of rotatable bonds is 2. The normalized spacial score (nSPS) is 17.4. The standard InChI is InChI=1S/C14H16N4OS/c1-9-15-14(20-18-9)17-13(19)16-12-7-6-10-4-2-3-5-11(10)8-12/h2-5,12H,6-8H2,1H3,(H2,15,16,17,18,19). The maximum absolute atomic E-state index is 11.9. The van der Waals surface area contributed by atoms with Gasteiger partial charge in [-0.1, -0.05) is 24.3 Å². The Morgan fingerprint density at radius 3 is 2.90 bits per heavy atom. The fourth-order valence-electron chi connectivity index (χ4n) is 2.49. The molecule has 1 aromatic carbocycles. The second kappa shape index (κ2) is 5.58. The molecule has 3 rings (SSSR count). The molecular weight excluding hydrogens is 272 g/mol. The number of carbonyl (C=O) groups excluding carboxylic acids is 1. The van der Waals surface area contributed by atoms with Crippen molar-refractivity contribution in [3.8, 4) is 0 Å². The van der Waals surface area contributed by atoms with Gasteiger partial charge < -0.3 is 5.32 Å². The van der Waals surface area contributed by atoms with Crippen LogP contribution in [0, 0.1) is 6.92 Å². The number of carbonyl (C=O) groups is 1. The van der Waals surface area contributed by atoms with Crippen molar-refractivity contribution < 1.29 is 4.79 Å². The monoisotopic (exact) mass is 288 g/mol. The highest BCUT2D eigenvalue weighted by Crippen LogP contribution is 2.21. The van der Waals surface area contributed by atoms with E-state index in [0.29, 0.717) is 11.0 Å². The number of aryl methyl sites for hydroxylation is 2. The van der Waals surface area contributed by atoms with Gasteiger partial charge in [0.15, 0.2) is 0 Å². The van der Waals surface area contributed by atoms with Gasteiger partial charge in [0.1, 0.15) is 5.82 Å². The molecule has 1 unspecified atom stereocenters. The lowest BCUT2D eigenvalue weighted by molar-refractivity contribution is 0.247. The Morgan fingerprint density at radius 2 is 2.15 bits per heavy atom. The number of fused-ring (bicyclic) bond motifs is 1. The zero-order chi connectivity index (χ0) is 13.9. The summed E-state index contributed by atoms with van der Waals surface area (Å²) in [4.78, 5) is 16.0. The van der Waals surface area contributed by atoms with Crippen molar-refractivity contribution in [2.24, 2.45) is 0 Å². The van der Waals surface area contributed by atoms with E-state index in [9.17, 15) is 4.79 Å². The van der Waals surface area contributed by atoms with Gasteiger partial charge >= 0.3 is 6.03 Å². The molecule has 1 atom stereocenters. The lowest BCUT2D eigenvalue weighted by Crippen LogP contribution is -2.41. The molecule has 20 heavy (non-hydrogen) atoms. The van der Waals surface area contributed by atoms with Crippen LogP contribution in [-0.2, 0) is 12.8 Å². The number of urea groups is 1. The molecular formula is C14H16N4OS. The van der Waals surface area contributed by atoms with E-state index in [1.807, 2.05) is 6.07 Å². The third-order valence-electron chi connectivity index (χ3n) is 3.43. The number of aromatic nitrogens is 2. The highest BCUT2D eigenvalue weighted by atomic mass is 32.1. The molecule has 0 bridgehead atoms. The van der Waals surface area contributed by atoms with Crippen LogP contribution in [0.15, 0.2) is 24.3 Å². The first-order valence-corrected chi connectivity index (χ1v) is 7.42. The van der Waals surface area contributed by atoms with Gasteiger partial charge in [-0.25, -0.2) is 9.78 Å². The quantitative estimate of drug-likeness (QED) is 0.892. The Labute approximate surface area is 121 Å². The molecule has 0 spiro atoms. The summed E-state index contributed by atoms with van der Waals surface area (Å²) in [5, 5.41) is 6.27. The SMILES string of the molecule is Cc1nsc(NC(=O)NC2CCc3ccccc3C2)n1. The first-order valence-electron chi connectivity index (χ1n) is 6.65. The summed E-state index contributed by atoms with van der Waals surface area (Å²) < 4.78 is 4.03. The van der Waals surface area contributed by atoms with E-state index in [0.717, 1.165) is 19.3 Å². The summed E-state index contributed by atoms with van der Waals surface area (Å²) in [5.41, 5.74) is 2.72. The Hall–Kier alpha value is -1.95. The summed E-state index contributed by atoms with van der Waals surface area (Å²) in [5.74, 6) is 0.678. The topological polar surface area (TPSA) is 66.9 Å².